The fourth-order valence-electron chi connectivity index (χ4n) is 1.50. The van der Waals surface area contributed by atoms with Gasteiger partial charge in [-0.2, -0.15) is 0 Å². The van der Waals surface area contributed by atoms with Crippen molar-refractivity contribution in [1.29, 1.82) is 0 Å². The van der Waals surface area contributed by atoms with E-state index >= 15 is 0 Å². The molecule has 4 N–H and O–H groups in total. The number of aromatic amines is 2. The predicted molar refractivity (Wildman–Crippen MR) is 70.8 cm³/mol. The Bertz CT molecular complexity index is 581. The van der Waals surface area contributed by atoms with Gasteiger partial charge in [-0.05, 0) is 19.4 Å². The molecule has 0 aliphatic heterocycles. The molecular formula is C12H17N3O4. The van der Waals surface area contributed by atoms with E-state index in [4.69, 9.17) is 5.11 Å². The first kappa shape index (κ1) is 14.9. The standard InChI is InChI=1S/C12H17N3O4/c1-3-8(6-16)14-10(17)5-4-9-7(2)13-12(19)15-11(9)18/h4-5,8,16H,3,6H2,1-2H3,(H,14,17)(H2,13,15,18,19). The minimum atomic E-state index is -0.588. The number of nitrogens with one attached hydrogen (secondary N) is 3. The normalized spacial score (nSPS) is 12.6. The number of carbonyl (C=O) groups is 1. The van der Waals surface area contributed by atoms with Crippen LogP contribution in [0, 0.1) is 6.92 Å². The van der Waals surface area contributed by atoms with Crippen molar-refractivity contribution >= 4 is 12.0 Å². The Kier molecular flexibility index (Phi) is 5.25. The van der Waals surface area contributed by atoms with Gasteiger partial charge in [0, 0.05) is 11.8 Å². The molecule has 1 aromatic heterocycles. The molecule has 0 saturated heterocycles. The zero-order valence-electron chi connectivity index (χ0n) is 10.8. The highest BCUT2D eigenvalue weighted by Crippen LogP contribution is 1.98. The number of amides is 1. The number of hydrogen-bond acceptors (Lipinski definition) is 4. The Labute approximate surface area is 109 Å². The molecule has 1 heterocycles. The summed E-state index contributed by atoms with van der Waals surface area (Å²) in [5.74, 6) is -0.411. The van der Waals surface area contributed by atoms with Gasteiger partial charge in [0.25, 0.3) is 5.56 Å². The first-order valence-corrected chi connectivity index (χ1v) is 5.90. The molecule has 1 aromatic rings. The Balaban J connectivity index is 2.85. The van der Waals surface area contributed by atoms with Crippen LogP contribution in [0.2, 0.25) is 0 Å². The van der Waals surface area contributed by atoms with E-state index in [1.807, 2.05) is 6.92 Å². The number of aliphatic hydroxyl groups is 1. The zero-order valence-corrected chi connectivity index (χ0v) is 10.8. The average molecular weight is 267 g/mol. The fourth-order valence-corrected chi connectivity index (χ4v) is 1.50. The van der Waals surface area contributed by atoms with Gasteiger partial charge in [-0.15, -0.1) is 0 Å². The molecule has 1 rings (SSSR count). The molecule has 0 aliphatic carbocycles. The second kappa shape index (κ2) is 6.69. The zero-order chi connectivity index (χ0) is 14.4. The van der Waals surface area contributed by atoms with Crippen molar-refractivity contribution in [3.8, 4) is 0 Å². The van der Waals surface area contributed by atoms with E-state index < -0.39 is 17.2 Å². The van der Waals surface area contributed by atoms with Gasteiger partial charge >= 0.3 is 5.69 Å². The lowest BCUT2D eigenvalue weighted by atomic mass is 10.2. The van der Waals surface area contributed by atoms with Gasteiger partial charge in [-0.3, -0.25) is 14.6 Å². The second-order valence-corrected chi connectivity index (χ2v) is 4.08. The number of hydrogen-bond donors (Lipinski definition) is 4. The van der Waals surface area contributed by atoms with Crippen molar-refractivity contribution in [2.75, 3.05) is 6.61 Å². The fraction of sp³-hybridized carbons (Fsp3) is 0.417. The number of carbonyl (C=O) groups excluding carboxylic acids is 1. The maximum atomic E-state index is 11.5. The topological polar surface area (TPSA) is 115 Å². The molecule has 104 valence electrons. The Hall–Kier alpha value is -2.15. The molecule has 0 saturated carbocycles. The molecule has 7 heteroatoms. The Morgan fingerprint density at radius 1 is 1.42 bits per heavy atom. The van der Waals surface area contributed by atoms with Crippen LogP contribution in [0.3, 0.4) is 0 Å². The van der Waals surface area contributed by atoms with E-state index in [1.165, 1.54) is 12.2 Å². The highest BCUT2D eigenvalue weighted by molar-refractivity contribution is 5.91. The summed E-state index contributed by atoms with van der Waals surface area (Å²) < 4.78 is 0. The van der Waals surface area contributed by atoms with Gasteiger partial charge in [-0.1, -0.05) is 6.92 Å². The van der Waals surface area contributed by atoms with Crippen LogP contribution in [0.15, 0.2) is 15.7 Å². The molecule has 19 heavy (non-hydrogen) atoms. The summed E-state index contributed by atoms with van der Waals surface area (Å²) in [5.41, 5.74) is -0.547. The van der Waals surface area contributed by atoms with Crippen molar-refractivity contribution in [1.82, 2.24) is 15.3 Å². The van der Waals surface area contributed by atoms with Crippen LogP contribution >= 0.6 is 0 Å². The SMILES string of the molecule is CCC(CO)NC(=O)C=Cc1c(C)[nH]c(=O)[nH]c1=O. The summed E-state index contributed by atoms with van der Waals surface area (Å²) in [4.78, 5) is 38.5. The van der Waals surface area contributed by atoms with Gasteiger partial charge in [0.05, 0.1) is 18.2 Å². The maximum Gasteiger partial charge on any atom is 0.325 e. The molecule has 7 nitrogen and oxygen atoms in total. The van der Waals surface area contributed by atoms with Crippen molar-refractivity contribution < 1.29 is 9.90 Å². The molecule has 1 amide bonds. The third-order valence-corrected chi connectivity index (χ3v) is 2.64. The van der Waals surface area contributed by atoms with Crippen LogP contribution in [-0.4, -0.2) is 33.6 Å². The van der Waals surface area contributed by atoms with Gasteiger partial charge in [0.1, 0.15) is 0 Å². The van der Waals surface area contributed by atoms with Crippen molar-refractivity contribution in [3.63, 3.8) is 0 Å². The van der Waals surface area contributed by atoms with Crippen LogP contribution in [0.1, 0.15) is 24.6 Å². The van der Waals surface area contributed by atoms with Crippen LogP contribution in [0.5, 0.6) is 0 Å². The third-order valence-electron chi connectivity index (χ3n) is 2.64. The summed E-state index contributed by atoms with van der Waals surface area (Å²) in [6.45, 7) is 3.26. The van der Waals surface area contributed by atoms with Gasteiger partial charge in [-0.25, -0.2) is 4.79 Å². The van der Waals surface area contributed by atoms with Crippen molar-refractivity contribution in [2.24, 2.45) is 0 Å². The van der Waals surface area contributed by atoms with E-state index in [9.17, 15) is 14.4 Å². The van der Waals surface area contributed by atoms with Gasteiger partial charge < -0.3 is 15.4 Å². The Morgan fingerprint density at radius 2 is 2.11 bits per heavy atom. The summed E-state index contributed by atoms with van der Waals surface area (Å²) in [6.07, 6.45) is 3.12. The van der Waals surface area contributed by atoms with E-state index in [0.29, 0.717) is 12.1 Å². The minimum Gasteiger partial charge on any atom is -0.394 e. The second-order valence-electron chi connectivity index (χ2n) is 4.08. The van der Waals surface area contributed by atoms with Crippen molar-refractivity contribution in [3.05, 3.63) is 38.2 Å². The number of aryl methyl sites for hydroxylation is 1. The lowest BCUT2D eigenvalue weighted by Crippen LogP contribution is -2.35. The maximum absolute atomic E-state index is 11.5. The molecule has 0 bridgehead atoms. The Morgan fingerprint density at radius 3 is 2.63 bits per heavy atom. The summed E-state index contributed by atoms with van der Waals surface area (Å²) >= 11 is 0. The van der Waals surface area contributed by atoms with Crippen LogP contribution in [0.4, 0.5) is 0 Å². The first-order chi connectivity index (χ1) is 8.97. The van der Waals surface area contributed by atoms with Crippen LogP contribution in [-0.2, 0) is 4.79 Å². The summed E-state index contributed by atoms with van der Waals surface area (Å²) in [7, 11) is 0. The molecule has 0 fully saturated rings. The van der Waals surface area contributed by atoms with Gasteiger partial charge in [0.2, 0.25) is 5.91 Å². The van der Waals surface area contributed by atoms with E-state index in [1.54, 1.807) is 6.92 Å². The predicted octanol–water partition coefficient (Wildman–Crippen LogP) is -0.728. The summed E-state index contributed by atoms with van der Waals surface area (Å²) in [6, 6.07) is -0.313. The molecule has 0 aromatic carbocycles. The third kappa shape index (κ3) is 4.22. The molecule has 1 unspecified atom stereocenters. The summed E-state index contributed by atoms with van der Waals surface area (Å²) in [5, 5.41) is 11.5. The molecular weight excluding hydrogens is 250 g/mol. The smallest absolute Gasteiger partial charge is 0.325 e. The average Bonchev–Trinajstić information content (AvgIpc) is 2.34. The largest absolute Gasteiger partial charge is 0.394 e. The molecule has 0 spiro atoms. The quantitative estimate of drug-likeness (QED) is 0.526. The lowest BCUT2D eigenvalue weighted by molar-refractivity contribution is -0.117. The number of rotatable bonds is 5. The van der Waals surface area contributed by atoms with E-state index in [0.717, 1.165) is 0 Å². The minimum absolute atomic E-state index is 0.144. The lowest BCUT2D eigenvalue weighted by Gasteiger charge is -2.11. The monoisotopic (exact) mass is 267 g/mol. The first-order valence-electron chi connectivity index (χ1n) is 5.90. The van der Waals surface area contributed by atoms with Crippen LogP contribution < -0.4 is 16.6 Å². The van der Waals surface area contributed by atoms with E-state index in [2.05, 4.69) is 15.3 Å². The highest BCUT2D eigenvalue weighted by Gasteiger charge is 2.07. The molecule has 1 atom stereocenters. The van der Waals surface area contributed by atoms with Crippen LogP contribution in [0.25, 0.3) is 6.08 Å². The highest BCUT2D eigenvalue weighted by atomic mass is 16.3. The number of aromatic nitrogens is 2. The van der Waals surface area contributed by atoms with Crippen molar-refractivity contribution in [2.45, 2.75) is 26.3 Å². The molecule has 0 aliphatic rings. The number of aliphatic hydroxyl groups excluding tert-OH is 1. The molecule has 0 radical (unpaired) electrons. The van der Waals surface area contributed by atoms with E-state index in [-0.39, 0.29) is 18.2 Å². The van der Waals surface area contributed by atoms with Gasteiger partial charge in [0.15, 0.2) is 0 Å². The number of H-pyrrole nitrogens is 2.